The molecule has 0 radical (unpaired) electrons. The average Bonchev–Trinajstić information content (AvgIpc) is 2.78. The molecule has 1 aromatic rings. The van der Waals surface area contributed by atoms with Crippen LogP contribution in [-0.4, -0.2) is 56.3 Å². The Morgan fingerprint density at radius 1 is 1.23 bits per heavy atom. The Hall–Kier alpha value is -2.94. The molecule has 0 atom stereocenters. The van der Waals surface area contributed by atoms with Crippen molar-refractivity contribution in [2.75, 3.05) is 44.4 Å². The Labute approximate surface area is 175 Å². The van der Waals surface area contributed by atoms with Gasteiger partial charge in [-0.25, -0.2) is 4.79 Å². The molecule has 9 nitrogen and oxygen atoms in total. The van der Waals surface area contributed by atoms with Gasteiger partial charge in [-0.2, -0.15) is 0 Å². The molecule has 9 heteroatoms. The van der Waals surface area contributed by atoms with Crippen molar-refractivity contribution in [2.45, 2.75) is 32.1 Å². The second-order valence-corrected chi connectivity index (χ2v) is 7.34. The van der Waals surface area contributed by atoms with Crippen LogP contribution in [0, 0.1) is 10.1 Å². The number of carbonyl (C=O) groups excluding carboxylic acids is 2. The highest BCUT2D eigenvalue weighted by Gasteiger charge is 2.23. The van der Waals surface area contributed by atoms with Crippen molar-refractivity contribution in [1.82, 2.24) is 5.32 Å². The number of allylic oxidation sites excluding steroid dienone is 1. The number of nitro benzene ring substituents is 1. The zero-order valence-corrected chi connectivity index (χ0v) is 16.9. The maximum absolute atomic E-state index is 12.6. The maximum Gasteiger partial charge on any atom is 0.341 e. The molecular weight excluding hydrogens is 390 g/mol. The van der Waals surface area contributed by atoms with Crippen LogP contribution in [0.15, 0.2) is 29.8 Å². The molecule has 3 rings (SSSR count). The van der Waals surface area contributed by atoms with E-state index in [1.54, 1.807) is 0 Å². The van der Waals surface area contributed by atoms with E-state index >= 15 is 0 Å². The van der Waals surface area contributed by atoms with Crippen molar-refractivity contribution < 1.29 is 24.0 Å². The monoisotopic (exact) mass is 417 g/mol. The fraction of sp³-hybridized carbons (Fsp3) is 0.524. The molecule has 1 fully saturated rings. The van der Waals surface area contributed by atoms with E-state index in [-0.39, 0.29) is 11.3 Å². The van der Waals surface area contributed by atoms with Crippen LogP contribution in [0.5, 0.6) is 0 Å². The summed E-state index contributed by atoms with van der Waals surface area (Å²) in [5.74, 6) is -1.15. The normalized spacial score (nSPS) is 16.5. The SMILES string of the molecule is O=C(COC(=O)c1cc([N+](=O)[O-])ccc1N1CCOCC1)NCCC1=CCCCC1. The number of ether oxygens (including phenoxy) is 2. The van der Waals surface area contributed by atoms with Crippen molar-refractivity contribution in [3.05, 3.63) is 45.5 Å². The van der Waals surface area contributed by atoms with Gasteiger partial charge < -0.3 is 19.7 Å². The van der Waals surface area contributed by atoms with Crippen LogP contribution in [0.1, 0.15) is 42.5 Å². The highest BCUT2D eigenvalue weighted by Crippen LogP contribution is 2.27. The topological polar surface area (TPSA) is 111 Å². The number of hydrogen-bond acceptors (Lipinski definition) is 7. The van der Waals surface area contributed by atoms with E-state index in [9.17, 15) is 19.7 Å². The molecule has 1 amide bonds. The Morgan fingerprint density at radius 2 is 2.03 bits per heavy atom. The van der Waals surface area contributed by atoms with Crippen LogP contribution in [0.25, 0.3) is 0 Å². The maximum atomic E-state index is 12.6. The first-order chi connectivity index (χ1) is 14.5. The van der Waals surface area contributed by atoms with Crippen LogP contribution >= 0.6 is 0 Å². The number of esters is 1. The first-order valence-electron chi connectivity index (χ1n) is 10.3. The van der Waals surface area contributed by atoms with Crippen LogP contribution in [0.2, 0.25) is 0 Å². The van der Waals surface area contributed by atoms with Gasteiger partial charge in [0.1, 0.15) is 0 Å². The summed E-state index contributed by atoms with van der Waals surface area (Å²) in [4.78, 5) is 37.1. The summed E-state index contributed by atoms with van der Waals surface area (Å²) in [6.07, 6.45) is 7.59. The molecule has 1 heterocycles. The number of nitro groups is 1. The number of nitrogens with one attached hydrogen (secondary N) is 1. The first-order valence-corrected chi connectivity index (χ1v) is 10.3. The van der Waals surface area contributed by atoms with E-state index in [4.69, 9.17) is 9.47 Å². The Morgan fingerprint density at radius 3 is 2.73 bits per heavy atom. The van der Waals surface area contributed by atoms with E-state index < -0.39 is 23.4 Å². The van der Waals surface area contributed by atoms with Crippen LogP contribution in [0.4, 0.5) is 11.4 Å². The van der Waals surface area contributed by atoms with E-state index in [1.165, 1.54) is 36.6 Å². The minimum absolute atomic E-state index is 0.0752. The second kappa shape index (κ2) is 10.7. The minimum atomic E-state index is -0.759. The van der Waals surface area contributed by atoms with Gasteiger partial charge in [-0.3, -0.25) is 14.9 Å². The van der Waals surface area contributed by atoms with Gasteiger partial charge in [-0.1, -0.05) is 11.6 Å². The van der Waals surface area contributed by atoms with Gasteiger partial charge in [0.25, 0.3) is 11.6 Å². The smallest absolute Gasteiger partial charge is 0.341 e. The van der Waals surface area contributed by atoms with Gasteiger partial charge in [0.05, 0.1) is 29.4 Å². The van der Waals surface area contributed by atoms with Crippen LogP contribution < -0.4 is 10.2 Å². The van der Waals surface area contributed by atoms with Crippen molar-refractivity contribution in [3.63, 3.8) is 0 Å². The Kier molecular flexibility index (Phi) is 7.78. The number of amides is 1. The molecule has 0 spiro atoms. The van der Waals surface area contributed by atoms with Crippen LogP contribution in [-0.2, 0) is 14.3 Å². The van der Waals surface area contributed by atoms with Gasteiger partial charge in [0.2, 0.25) is 0 Å². The lowest BCUT2D eigenvalue weighted by atomic mass is 9.97. The fourth-order valence-electron chi connectivity index (χ4n) is 3.64. The number of morpholine rings is 1. The number of benzene rings is 1. The standard InChI is InChI=1S/C21H27N3O6/c25-20(22-9-8-16-4-2-1-3-5-16)15-30-21(26)18-14-17(24(27)28)6-7-19(18)23-10-12-29-13-11-23/h4,6-7,14H,1-3,5,8-13,15H2,(H,22,25). The molecule has 0 unspecified atom stereocenters. The number of anilines is 1. The minimum Gasteiger partial charge on any atom is -0.452 e. The van der Waals surface area contributed by atoms with Gasteiger partial charge >= 0.3 is 5.97 Å². The third kappa shape index (κ3) is 6.03. The molecule has 1 aliphatic heterocycles. The molecule has 30 heavy (non-hydrogen) atoms. The zero-order valence-electron chi connectivity index (χ0n) is 16.9. The van der Waals surface area contributed by atoms with Crippen molar-refractivity contribution >= 4 is 23.3 Å². The largest absolute Gasteiger partial charge is 0.452 e. The number of nitrogens with zero attached hydrogens (tertiary/aromatic N) is 2. The number of non-ortho nitro benzene ring substituents is 1. The molecule has 0 aromatic heterocycles. The third-order valence-electron chi connectivity index (χ3n) is 5.25. The first kappa shape index (κ1) is 21.8. The molecule has 0 bridgehead atoms. The van der Waals surface area contributed by atoms with Crippen molar-refractivity contribution in [3.8, 4) is 0 Å². The number of rotatable bonds is 8. The lowest BCUT2D eigenvalue weighted by Crippen LogP contribution is -2.37. The molecule has 1 aliphatic carbocycles. The summed E-state index contributed by atoms with van der Waals surface area (Å²) >= 11 is 0. The highest BCUT2D eigenvalue weighted by molar-refractivity contribution is 5.97. The summed E-state index contributed by atoms with van der Waals surface area (Å²) in [5, 5.41) is 13.9. The quantitative estimate of drug-likeness (QED) is 0.299. The molecule has 1 N–H and O–H groups in total. The third-order valence-corrected chi connectivity index (χ3v) is 5.25. The summed E-state index contributed by atoms with van der Waals surface area (Å²) in [5.41, 5.74) is 1.76. The number of hydrogen-bond donors (Lipinski definition) is 1. The Bertz CT molecular complexity index is 817. The lowest BCUT2D eigenvalue weighted by Gasteiger charge is -2.30. The fourth-order valence-corrected chi connectivity index (χ4v) is 3.64. The highest BCUT2D eigenvalue weighted by atomic mass is 16.6. The molecule has 162 valence electrons. The predicted molar refractivity (Wildman–Crippen MR) is 111 cm³/mol. The van der Waals surface area contributed by atoms with Gasteiger partial charge in [-0.05, 0) is 38.2 Å². The summed E-state index contributed by atoms with van der Waals surface area (Å²) in [7, 11) is 0. The lowest BCUT2D eigenvalue weighted by molar-refractivity contribution is -0.384. The summed E-state index contributed by atoms with van der Waals surface area (Å²) in [6, 6.07) is 4.09. The van der Waals surface area contributed by atoms with E-state index in [0.717, 1.165) is 19.3 Å². The molecule has 2 aliphatic rings. The molecule has 1 aromatic carbocycles. The van der Waals surface area contributed by atoms with E-state index in [1.807, 2.05) is 4.90 Å². The van der Waals surface area contributed by atoms with Crippen molar-refractivity contribution in [2.24, 2.45) is 0 Å². The van der Waals surface area contributed by atoms with E-state index in [2.05, 4.69) is 11.4 Å². The number of carbonyl (C=O) groups is 2. The average molecular weight is 417 g/mol. The van der Waals surface area contributed by atoms with Crippen molar-refractivity contribution in [1.29, 1.82) is 0 Å². The van der Waals surface area contributed by atoms with Gasteiger partial charge in [0, 0.05) is 31.8 Å². The van der Waals surface area contributed by atoms with Crippen LogP contribution in [0.3, 0.4) is 0 Å². The van der Waals surface area contributed by atoms with Gasteiger partial charge in [0.15, 0.2) is 6.61 Å². The molecule has 0 saturated carbocycles. The second-order valence-electron chi connectivity index (χ2n) is 7.34. The zero-order chi connectivity index (χ0) is 21.3. The van der Waals surface area contributed by atoms with Gasteiger partial charge in [-0.15, -0.1) is 0 Å². The summed E-state index contributed by atoms with van der Waals surface area (Å²) < 4.78 is 10.5. The predicted octanol–water partition coefficient (Wildman–Crippen LogP) is 2.59. The van der Waals surface area contributed by atoms with E-state index in [0.29, 0.717) is 38.5 Å². The molecular formula is C21H27N3O6. The summed E-state index contributed by atoms with van der Waals surface area (Å²) in [6.45, 7) is 2.21. The Balaban J connectivity index is 1.57. The molecule has 1 saturated heterocycles.